The first kappa shape index (κ1) is 11.4. The van der Waals surface area contributed by atoms with Gasteiger partial charge >= 0.3 is 0 Å². The maximum absolute atomic E-state index is 5.86. The van der Waals surface area contributed by atoms with Gasteiger partial charge in [-0.05, 0) is 36.8 Å². The highest BCUT2D eigenvalue weighted by Crippen LogP contribution is 2.30. The fourth-order valence-electron chi connectivity index (χ4n) is 2.40. The third kappa shape index (κ3) is 1.60. The van der Waals surface area contributed by atoms with E-state index in [4.69, 9.17) is 5.73 Å². The van der Waals surface area contributed by atoms with E-state index < -0.39 is 0 Å². The predicted molar refractivity (Wildman–Crippen MR) is 83.0 cm³/mol. The lowest BCUT2D eigenvalue weighted by Crippen LogP contribution is -1.90. The van der Waals surface area contributed by atoms with Crippen molar-refractivity contribution in [2.75, 3.05) is 5.73 Å². The van der Waals surface area contributed by atoms with E-state index in [0.717, 1.165) is 27.6 Å². The minimum absolute atomic E-state index is 0.731. The van der Waals surface area contributed by atoms with Crippen molar-refractivity contribution in [1.29, 1.82) is 0 Å². The largest absolute Gasteiger partial charge is 0.399 e. The molecule has 0 unspecified atom stereocenters. The summed E-state index contributed by atoms with van der Waals surface area (Å²) in [5.74, 6) is 0.836. The third-order valence-electron chi connectivity index (χ3n) is 3.34. The number of rotatable bonds is 1. The normalized spacial score (nSPS) is 11.4. The molecule has 0 spiro atoms. The van der Waals surface area contributed by atoms with Crippen LogP contribution in [0.4, 0.5) is 5.69 Å². The van der Waals surface area contributed by atoms with E-state index in [1.807, 2.05) is 24.3 Å². The summed E-state index contributed by atoms with van der Waals surface area (Å²) in [5.41, 5.74) is 9.96. The maximum Gasteiger partial charge on any atom is 0.217 e. The van der Waals surface area contributed by atoms with E-state index in [9.17, 15) is 0 Å². The predicted octanol–water partition coefficient (Wildman–Crippen LogP) is 3.50. The van der Waals surface area contributed by atoms with Gasteiger partial charge in [0.1, 0.15) is 0 Å². The molecule has 20 heavy (non-hydrogen) atoms. The molecule has 0 aliphatic carbocycles. The zero-order valence-electron chi connectivity index (χ0n) is 10.9. The number of anilines is 1. The number of thiazole rings is 1. The summed E-state index contributed by atoms with van der Waals surface area (Å²) in [6, 6.07) is 14.1. The van der Waals surface area contributed by atoms with E-state index in [1.165, 1.54) is 10.3 Å². The van der Waals surface area contributed by atoms with Gasteiger partial charge in [0.15, 0.2) is 5.82 Å². The molecule has 98 valence electrons. The zero-order chi connectivity index (χ0) is 13.7. The van der Waals surface area contributed by atoms with Gasteiger partial charge in [-0.15, -0.1) is 10.2 Å². The van der Waals surface area contributed by atoms with Gasteiger partial charge < -0.3 is 5.73 Å². The van der Waals surface area contributed by atoms with Crippen LogP contribution in [0.15, 0.2) is 42.5 Å². The molecule has 2 heterocycles. The molecule has 0 saturated heterocycles. The van der Waals surface area contributed by atoms with Gasteiger partial charge in [-0.3, -0.25) is 4.40 Å². The Balaban J connectivity index is 2.07. The number of benzene rings is 2. The summed E-state index contributed by atoms with van der Waals surface area (Å²) in [6.45, 7) is 2.10. The molecule has 2 aromatic heterocycles. The highest BCUT2D eigenvalue weighted by molar-refractivity contribution is 7.23. The van der Waals surface area contributed by atoms with E-state index in [2.05, 4.69) is 39.7 Å². The van der Waals surface area contributed by atoms with Gasteiger partial charge in [0.25, 0.3) is 0 Å². The lowest BCUT2D eigenvalue weighted by molar-refractivity contribution is 1.12. The van der Waals surface area contributed by atoms with Crippen LogP contribution in [-0.2, 0) is 0 Å². The molecule has 2 aromatic carbocycles. The van der Waals surface area contributed by atoms with Crippen molar-refractivity contribution >= 4 is 32.2 Å². The second-order valence-corrected chi connectivity index (χ2v) is 5.85. The van der Waals surface area contributed by atoms with E-state index >= 15 is 0 Å². The van der Waals surface area contributed by atoms with Crippen LogP contribution in [0.1, 0.15) is 5.56 Å². The molecule has 2 N–H and O–H groups in total. The van der Waals surface area contributed by atoms with Gasteiger partial charge in [-0.1, -0.05) is 29.5 Å². The van der Waals surface area contributed by atoms with Crippen molar-refractivity contribution in [1.82, 2.24) is 14.6 Å². The molecule has 0 aliphatic rings. The summed E-state index contributed by atoms with van der Waals surface area (Å²) >= 11 is 1.65. The molecule has 0 saturated carbocycles. The van der Waals surface area contributed by atoms with E-state index in [1.54, 1.807) is 11.3 Å². The van der Waals surface area contributed by atoms with Crippen LogP contribution in [-0.4, -0.2) is 14.6 Å². The monoisotopic (exact) mass is 280 g/mol. The van der Waals surface area contributed by atoms with Crippen molar-refractivity contribution in [3.63, 3.8) is 0 Å². The van der Waals surface area contributed by atoms with Crippen molar-refractivity contribution in [2.24, 2.45) is 0 Å². The lowest BCUT2D eigenvalue weighted by atomic mass is 10.2. The number of hydrogen-bond donors (Lipinski definition) is 1. The first-order chi connectivity index (χ1) is 9.72. The van der Waals surface area contributed by atoms with Crippen molar-refractivity contribution in [2.45, 2.75) is 6.92 Å². The third-order valence-corrected chi connectivity index (χ3v) is 4.33. The summed E-state index contributed by atoms with van der Waals surface area (Å²) in [6.07, 6.45) is 0. The Bertz CT molecular complexity index is 936. The van der Waals surface area contributed by atoms with Gasteiger partial charge in [0.2, 0.25) is 4.96 Å². The molecule has 4 nitrogen and oxygen atoms in total. The molecule has 4 aromatic rings. The summed E-state index contributed by atoms with van der Waals surface area (Å²) in [7, 11) is 0. The van der Waals surface area contributed by atoms with Crippen LogP contribution in [0.3, 0.4) is 0 Å². The topological polar surface area (TPSA) is 56.2 Å². The molecule has 4 rings (SSSR count). The first-order valence-electron chi connectivity index (χ1n) is 6.32. The van der Waals surface area contributed by atoms with Gasteiger partial charge in [0, 0.05) is 11.3 Å². The lowest BCUT2D eigenvalue weighted by Gasteiger charge is -2.01. The molecular weight excluding hydrogens is 268 g/mol. The van der Waals surface area contributed by atoms with Gasteiger partial charge in [0.05, 0.1) is 10.2 Å². The van der Waals surface area contributed by atoms with Gasteiger partial charge in [-0.2, -0.15) is 0 Å². The molecule has 0 amide bonds. The molecule has 0 atom stereocenters. The minimum Gasteiger partial charge on any atom is -0.399 e. The molecule has 0 bridgehead atoms. The second-order valence-electron chi connectivity index (χ2n) is 4.84. The SMILES string of the molecule is Cc1ccc2c(c1)sc1nnc(-c3cccc(N)c3)n12. The summed E-state index contributed by atoms with van der Waals surface area (Å²) < 4.78 is 3.31. The zero-order valence-corrected chi connectivity index (χ0v) is 11.7. The average Bonchev–Trinajstić information content (AvgIpc) is 2.96. The Kier molecular flexibility index (Phi) is 2.31. The number of nitrogens with zero attached hydrogens (tertiary/aromatic N) is 3. The van der Waals surface area contributed by atoms with Crippen LogP contribution in [0.25, 0.3) is 26.6 Å². The number of fused-ring (bicyclic) bond motifs is 3. The van der Waals surface area contributed by atoms with Crippen molar-refractivity contribution in [3.05, 3.63) is 48.0 Å². The molecule has 0 aliphatic heterocycles. The van der Waals surface area contributed by atoms with Crippen LogP contribution in [0, 0.1) is 6.92 Å². The fourth-order valence-corrected chi connectivity index (χ4v) is 3.47. The Morgan fingerprint density at radius 1 is 1.10 bits per heavy atom. The number of aromatic nitrogens is 3. The van der Waals surface area contributed by atoms with E-state index in [0.29, 0.717) is 0 Å². The molecular formula is C15H12N4S. The molecule has 5 heteroatoms. The Labute approximate surface area is 119 Å². The van der Waals surface area contributed by atoms with Crippen molar-refractivity contribution in [3.8, 4) is 11.4 Å². The van der Waals surface area contributed by atoms with Crippen LogP contribution >= 0.6 is 11.3 Å². The van der Waals surface area contributed by atoms with Crippen LogP contribution in [0.5, 0.6) is 0 Å². The highest BCUT2D eigenvalue weighted by atomic mass is 32.1. The average molecular weight is 280 g/mol. The first-order valence-corrected chi connectivity index (χ1v) is 7.14. The minimum atomic E-state index is 0.731. The van der Waals surface area contributed by atoms with Crippen LogP contribution in [0.2, 0.25) is 0 Å². The maximum atomic E-state index is 5.86. The highest BCUT2D eigenvalue weighted by Gasteiger charge is 2.13. The number of aryl methyl sites for hydroxylation is 1. The van der Waals surface area contributed by atoms with Crippen molar-refractivity contribution < 1.29 is 0 Å². The number of nitrogen functional groups attached to an aromatic ring is 1. The standard InChI is InChI=1S/C15H12N4S/c1-9-5-6-12-13(7-9)20-15-18-17-14(19(12)15)10-3-2-4-11(16)8-10/h2-8H,16H2,1H3. The Morgan fingerprint density at radius 2 is 2.00 bits per heavy atom. The smallest absolute Gasteiger partial charge is 0.217 e. The Morgan fingerprint density at radius 3 is 2.85 bits per heavy atom. The molecule has 0 fully saturated rings. The summed E-state index contributed by atoms with van der Waals surface area (Å²) in [5, 5.41) is 8.59. The quantitative estimate of drug-likeness (QED) is 0.543. The molecule has 0 radical (unpaired) electrons. The number of hydrogen-bond acceptors (Lipinski definition) is 4. The Hall–Kier alpha value is -2.40. The van der Waals surface area contributed by atoms with Gasteiger partial charge in [-0.25, -0.2) is 0 Å². The second kappa shape index (κ2) is 4.05. The summed E-state index contributed by atoms with van der Waals surface area (Å²) in [4.78, 5) is 0.906. The van der Waals surface area contributed by atoms with E-state index in [-0.39, 0.29) is 0 Å². The number of nitrogens with two attached hydrogens (primary N) is 1. The van der Waals surface area contributed by atoms with Crippen LogP contribution < -0.4 is 5.73 Å². The fraction of sp³-hybridized carbons (Fsp3) is 0.0667.